The van der Waals surface area contributed by atoms with Crippen molar-refractivity contribution in [1.29, 1.82) is 0 Å². The van der Waals surface area contributed by atoms with Crippen LogP contribution in [0.3, 0.4) is 0 Å². The monoisotopic (exact) mass is 320 g/mol. The van der Waals surface area contributed by atoms with Gasteiger partial charge in [0.05, 0.1) is 5.56 Å². The average molecular weight is 320 g/mol. The lowest BCUT2D eigenvalue weighted by Gasteiger charge is -2.35. The molecule has 3 rings (SSSR count). The summed E-state index contributed by atoms with van der Waals surface area (Å²) in [6, 6.07) is 3.04. The Kier molecular flexibility index (Phi) is 4.27. The maximum atomic E-state index is 13.7. The van der Waals surface area contributed by atoms with Crippen molar-refractivity contribution < 1.29 is 13.6 Å². The number of aryl methyl sites for hydroxylation is 1. The molecule has 0 unspecified atom stereocenters. The SMILES string of the molecule is CCn1ccnc1N1CCN(C(=O)c2ccc(F)cc2F)CC1. The number of aromatic nitrogens is 2. The zero-order valence-corrected chi connectivity index (χ0v) is 12.9. The van der Waals surface area contributed by atoms with Crippen LogP contribution in [0.5, 0.6) is 0 Å². The van der Waals surface area contributed by atoms with E-state index in [1.807, 2.05) is 17.7 Å². The zero-order chi connectivity index (χ0) is 16.4. The Hall–Kier alpha value is -2.44. The first-order valence-electron chi connectivity index (χ1n) is 7.60. The molecule has 122 valence electrons. The fourth-order valence-corrected chi connectivity index (χ4v) is 2.77. The Morgan fingerprint density at radius 1 is 1.22 bits per heavy atom. The number of rotatable bonds is 3. The quantitative estimate of drug-likeness (QED) is 0.870. The summed E-state index contributed by atoms with van der Waals surface area (Å²) in [7, 11) is 0. The number of benzene rings is 1. The number of amides is 1. The van der Waals surface area contributed by atoms with Gasteiger partial charge in [0.25, 0.3) is 5.91 Å². The van der Waals surface area contributed by atoms with Gasteiger partial charge in [0.15, 0.2) is 0 Å². The second kappa shape index (κ2) is 6.36. The summed E-state index contributed by atoms with van der Waals surface area (Å²) >= 11 is 0. The van der Waals surface area contributed by atoms with Crippen molar-refractivity contribution in [3.05, 3.63) is 47.8 Å². The molecule has 1 aromatic heterocycles. The van der Waals surface area contributed by atoms with E-state index in [-0.39, 0.29) is 5.56 Å². The summed E-state index contributed by atoms with van der Waals surface area (Å²) in [6.07, 6.45) is 3.67. The first kappa shape index (κ1) is 15.5. The van der Waals surface area contributed by atoms with Crippen molar-refractivity contribution in [2.24, 2.45) is 0 Å². The van der Waals surface area contributed by atoms with Crippen molar-refractivity contribution in [3.63, 3.8) is 0 Å². The molecule has 1 fully saturated rings. The van der Waals surface area contributed by atoms with E-state index < -0.39 is 17.5 Å². The largest absolute Gasteiger partial charge is 0.339 e. The predicted molar refractivity (Wildman–Crippen MR) is 82.4 cm³/mol. The molecule has 2 heterocycles. The maximum Gasteiger partial charge on any atom is 0.256 e. The summed E-state index contributed by atoms with van der Waals surface area (Å²) in [6.45, 7) is 5.09. The summed E-state index contributed by atoms with van der Waals surface area (Å²) in [5.74, 6) is -1.03. The van der Waals surface area contributed by atoms with Crippen LogP contribution in [-0.4, -0.2) is 46.5 Å². The van der Waals surface area contributed by atoms with Crippen molar-refractivity contribution in [1.82, 2.24) is 14.5 Å². The molecule has 0 radical (unpaired) electrons. The van der Waals surface area contributed by atoms with Gasteiger partial charge < -0.3 is 14.4 Å². The van der Waals surface area contributed by atoms with Crippen LogP contribution in [0.25, 0.3) is 0 Å². The lowest BCUT2D eigenvalue weighted by molar-refractivity contribution is 0.0741. The number of halogens is 2. The minimum atomic E-state index is -0.820. The topological polar surface area (TPSA) is 41.4 Å². The van der Waals surface area contributed by atoms with E-state index in [0.717, 1.165) is 24.6 Å². The number of piperazine rings is 1. The fourth-order valence-electron chi connectivity index (χ4n) is 2.77. The molecule has 1 aliphatic heterocycles. The minimum absolute atomic E-state index is 0.0880. The Labute approximate surface area is 133 Å². The molecule has 0 saturated carbocycles. The second-order valence-corrected chi connectivity index (χ2v) is 5.42. The molecule has 1 aromatic carbocycles. The molecule has 0 bridgehead atoms. The molecule has 1 saturated heterocycles. The Morgan fingerprint density at radius 2 is 1.96 bits per heavy atom. The molecule has 7 heteroatoms. The molecule has 0 aliphatic carbocycles. The van der Waals surface area contributed by atoms with Gasteiger partial charge in [-0.3, -0.25) is 4.79 Å². The lowest BCUT2D eigenvalue weighted by Crippen LogP contribution is -2.49. The van der Waals surface area contributed by atoms with Crippen LogP contribution < -0.4 is 4.90 Å². The van der Waals surface area contributed by atoms with E-state index in [0.29, 0.717) is 26.2 Å². The Balaban J connectivity index is 1.68. The highest BCUT2D eigenvalue weighted by molar-refractivity contribution is 5.94. The predicted octanol–water partition coefficient (Wildman–Crippen LogP) is 2.14. The second-order valence-electron chi connectivity index (χ2n) is 5.42. The standard InChI is InChI=1S/C16H18F2N4O/c1-2-20-6-5-19-16(20)22-9-7-21(8-10-22)15(23)13-4-3-12(17)11-14(13)18/h3-6,11H,2,7-10H2,1H3. The number of hydrogen-bond acceptors (Lipinski definition) is 3. The van der Waals surface area contributed by atoms with Crippen LogP contribution in [0, 0.1) is 11.6 Å². The third kappa shape index (κ3) is 3.04. The van der Waals surface area contributed by atoms with Crippen LogP contribution in [-0.2, 0) is 6.54 Å². The number of anilines is 1. The van der Waals surface area contributed by atoms with Crippen LogP contribution in [0.1, 0.15) is 17.3 Å². The van der Waals surface area contributed by atoms with Crippen LogP contribution >= 0.6 is 0 Å². The van der Waals surface area contributed by atoms with Gasteiger partial charge in [-0.05, 0) is 19.1 Å². The van der Waals surface area contributed by atoms with Gasteiger partial charge in [-0.2, -0.15) is 0 Å². The minimum Gasteiger partial charge on any atom is -0.339 e. The summed E-state index contributed by atoms with van der Waals surface area (Å²) in [5, 5.41) is 0. The highest BCUT2D eigenvalue weighted by atomic mass is 19.1. The van der Waals surface area contributed by atoms with E-state index >= 15 is 0 Å². The lowest BCUT2D eigenvalue weighted by atomic mass is 10.1. The van der Waals surface area contributed by atoms with E-state index in [4.69, 9.17) is 0 Å². The van der Waals surface area contributed by atoms with Crippen molar-refractivity contribution in [3.8, 4) is 0 Å². The zero-order valence-electron chi connectivity index (χ0n) is 12.9. The smallest absolute Gasteiger partial charge is 0.256 e. The van der Waals surface area contributed by atoms with Crippen molar-refractivity contribution in [2.45, 2.75) is 13.5 Å². The third-order valence-corrected chi connectivity index (χ3v) is 4.05. The molecule has 1 aliphatic rings. The van der Waals surface area contributed by atoms with E-state index in [1.165, 1.54) is 6.07 Å². The van der Waals surface area contributed by atoms with Crippen molar-refractivity contribution in [2.75, 3.05) is 31.1 Å². The highest BCUT2D eigenvalue weighted by Crippen LogP contribution is 2.17. The third-order valence-electron chi connectivity index (χ3n) is 4.05. The van der Waals surface area contributed by atoms with Crippen molar-refractivity contribution >= 4 is 11.9 Å². The summed E-state index contributed by atoms with van der Waals surface area (Å²) in [4.78, 5) is 20.4. The first-order chi connectivity index (χ1) is 11.1. The number of nitrogens with zero attached hydrogens (tertiary/aromatic N) is 4. The molecule has 0 spiro atoms. The molecular formula is C16H18F2N4O. The summed E-state index contributed by atoms with van der Waals surface area (Å²) < 4.78 is 28.7. The molecule has 23 heavy (non-hydrogen) atoms. The molecule has 2 aromatic rings. The van der Waals surface area contributed by atoms with Gasteiger partial charge in [0, 0.05) is 51.2 Å². The number of carbonyl (C=O) groups excluding carboxylic acids is 1. The summed E-state index contributed by atoms with van der Waals surface area (Å²) in [5.41, 5.74) is -0.0880. The van der Waals surface area contributed by atoms with Crippen LogP contribution in [0.4, 0.5) is 14.7 Å². The molecule has 0 atom stereocenters. The fraction of sp³-hybridized carbons (Fsp3) is 0.375. The number of hydrogen-bond donors (Lipinski definition) is 0. The van der Waals surface area contributed by atoms with Crippen LogP contribution in [0.15, 0.2) is 30.6 Å². The van der Waals surface area contributed by atoms with Gasteiger partial charge in [-0.15, -0.1) is 0 Å². The molecule has 1 amide bonds. The van der Waals surface area contributed by atoms with Gasteiger partial charge in [0.2, 0.25) is 5.95 Å². The number of imidazole rings is 1. The Bertz CT molecular complexity index is 708. The van der Waals surface area contributed by atoms with Gasteiger partial charge in [-0.1, -0.05) is 0 Å². The maximum absolute atomic E-state index is 13.7. The van der Waals surface area contributed by atoms with Gasteiger partial charge >= 0.3 is 0 Å². The first-order valence-corrected chi connectivity index (χ1v) is 7.60. The van der Waals surface area contributed by atoms with Crippen LogP contribution in [0.2, 0.25) is 0 Å². The normalized spacial score (nSPS) is 15.1. The molecule has 5 nitrogen and oxygen atoms in total. The molecule has 0 N–H and O–H groups in total. The molecular weight excluding hydrogens is 302 g/mol. The van der Waals surface area contributed by atoms with E-state index in [2.05, 4.69) is 9.88 Å². The van der Waals surface area contributed by atoms with Gasteiger partial charge in [-0.25, -0.2) is 13.8 Å². The highest BCUT2D eigenvalue weighted by Gasteiger charge is 2.25. The Morgan fingerprint density at radius 3 is 2.61 bits per heavy atom. The average Bonchev–Trinajstić information content (AvgIpc) is 3.03. The van der Waals surface area contributed by atoms with Gasteiger partial charge in [0.1, 0.15) is 11.6 Å². The number of carbonyl (C=O) groups is 1. The van der Waals surface area contributed by atoms with E-state index in [1.54, 1.807) is 11.1 Å². The van der Waals surface area contributed by atoms with E-state index in [9.17, 15) is 13.6 Å².